The van der Waals surface area contributed by atoms with Gasteiger partial charge in [0.2, 0.25) is 0 Å². The summed E-state index contributed by atoms with van der Waals surface area (Å²) in [5.74, 6) is 0.210. The number of halogens is 10. The van der Waals surface area contributed by atoms with E-state index in [0.717, 1.165) is 117 Å². The van der Waals surface area contributed by atoms with Crippen molar-refractivity contribution in [2.45, 2.75) is 129 Å². The molecule has 7 aromatic rings. The summed E-state index contributed by atoms with van der Waals surface area (Å²) in [6.07, 6.45) is 19.9. The van der Waals surface area contributed by atoms with Crippen molar-refractivity contribution in [3.63, 3.8) is 0 Å². The predicted octanol–water partition coefficient (Wildman–Crippen LogP) is 16.6. The van der Waals surface area contributed by atoms with Crippen LogP contribution in [0.5, 0.6) is 34.5 Å². The van der Waals surface area contributed by atoms with E-state index in [9.17, 15) is 46.0 Å². The Bertz CT molecular complexity index is 3670. The Hall–Kier alpha value is -7.75. The van der Waals surface area contributed by atoms with Crippen LogP contribution < -0.4 is 50.3 Å². The van der Waals surface area contributed by atoms with E-state index in [1.54, 1.807) is 23.9 Å². The molecule has 2 atom stereocenters. The van der Waals surface area contributed by atoms with E-state index in [-0.39, 0.29) is 65.8 Å². The van der Waals surface area contributed by atoms with E-state index in [1.165, 1.54) is 55.8 Å². The van der Waals surface area contributed by atoms with Gasteiger partial charge in [-0.15, -0.1) is 0 Å². The molecule has 0 radical (unpaired) electrons. The maximum Gasteiger partial charge on any atom is 0.387 e. The van der Waals surface area contributed by atoms with Gasteiger partial charge in [-0.3, -0.25) is 28.9 Å². The minimum absolute atomic E-state index is 0.0341. The van der Waals surface area contributed by atoms with E-state index in [4.69, 9.17) is 66.3 Å². The quantitative estimate of drug-likeness (QED) is 0.0569. The third-order valence-corrected chi connectivity index (χ3v) is 16.5. The average molecular weight is 1360 g/mol. The lowest BCUT2D eigenvalue weighted by molar-refractivity contribution is -0.0692. The Morgan fingerprint density at radius 1 is 0.685 bits per heavy atom. The molecule has 2 amide bonds. The molecule has 4 aromatic heterocycles. The summed E-state index contributed by atoms with van der Waals surface area (Å²) in [6.45, 7) is -3.46. The van der Waals surface area contributed by atoms with Gasteiger partial charge in [0.05, 0.1) is 62.8 Å². The average Bonchev–Trinajstić information content (AvgIpc) is 0.930. The molecular formula is C65H68Cl4F6N8O9. The fraction of sp³-hybridized carbons (Fsp3) is 0.400. The second kappa shape index (κ2) is 34.8. The third kappa shape index (κ3) is 20.4. The van der Waals surface area contributed by atoms with Crippen LogP contribution in [0.4, 0.5) is 37.7 Å². The molecular weight excluding hydrogens is 1290 g/mol. The molecule has 492 valence electrons. The van der Waals surface area contributed by atoms with Crippen LogP contribution in [0.3, 0.4) is 0 Å². The molecule has 3 fully saturated rings. The standard InChI is InChI=1S/C20H28N2O2.C18H16Cl2F2N2O3.C14H8Cl2F4N2O3.C13H16N2O/c1-23-18-9-8-16(11-19(18)24-17-6-2-3-7-17)20(14-22)10-4-5-15(12-20)13-21;19-12-7-23-8-13(20)16(12)24-17(25)11-4-5-14(27-18(21)22)15(6-11)26-9-10-2-1-3-10;15-7-4-21-5-8(16)11(7)22-12(23)6-1-2-9(24-13(17)18)10(3-6)25-14(19)20;1-10(2)7-9-15-12(16)6-5-11-4-3-8-14-13(11)15/h8-9,11,15,17H,2-7,10,12-13,21H2,1H3;4-8,10,18H,1-3,9H2,(H,23,24,25);1-5,13-14H,(H,21,22,23);3-6,8,10H,7,9H2,1-2H3/t15-,20-;;;/m1.../s1. The number of ether oxygens (including phenoxy) is 6. The van der Waals surface area contributed by atoms with Gasteiger partial charge in [0.1, 0.15) is 5.65 Å². The molecule has 3 aromatic carbocycles. The number of carbonyl (C=O) groups excluding carboxylic acids is 2. The zero-order valence-corrected chi connectivity index (χ0v) is 53.3. The van der Waals surface area contributed by atoms with Gasteiger partial charge in [0, 0.05) is 60.1 Å². The first-order valence-corrected chi connectivity index (χ1v) is 31.0. The van der Waals surface area contributed by atoms with Crippen molar-refractivity contribution in [3.05, 3.63) is 157 Å². The highest BCUT2D eigenvalue weighted by atomic mass is 35.5. The van der Waals surface area contributed by atoms with Gasteiger partial charge in [-0.05, 0) is 161 Å². The number of aromatic nitrogens is 4. The lowest BCUT2D eigenvalue weighted by atomic mass is 9.66. The number of rotatable bonds is 21. The van der Waals surface area contributed by atoms with Crippen LogP contribution in [0, 0.1) is 29.1 Å². The fourth-order valence-corrected chi connectivity index (χ4v) is 11.2. The van der Waals surface area contributed by atoms with Crippen molar-refractivity contribution in [2.24, 2.45) is 23.5 Å². The number of hydrogen-bond donors (Lipinski definition) is 3. The van der Waals surface area contributed by atoms with Crippen molar-refractivity contribution >= 4 is 80.6 Å². The minimum Gasteiger partial charge on any atom is -0.493 e. The number of nitrogens with zero attached hydrogens (tertiary/aromatic N) is 5. The molecule has 27 heteroatoms. The molecule has 17 nitrogen and oxygen atoms in total. The fourth-order valence-electron chi connectivity index (χ4n) is 10.3. The number of aryl methyl sites for hydroxylation is 1. The van der Waals surface area contributed by atoms with Crippen molar-refractivity contribution in [1.29, 1.82) is 5.26 Å². The number of carbonyl (C=O) groups is 2. The Morgan fingerprint density at radius 2 is 1.23 bits per heavy atom. The number of pyridine rings is 4. The Kier molecular flexibility index (Phi) is 27.1. The summed E-state index contributed by atoms with van der Waals surface area (Å²) in [5, 5.41) is 16.3. The highest BCUT2D eigenvalue weighted by molar-refractivity contribution is 6.40. The number of nitriles is 1. The predicted molar refractivity (Wildman–Crippen MR) is 340 cm³/mol. The van der Waals surface area contributed by atoms with Crippen LogP contribution >= 0.6 is 46.4 Å². The van der Waals surface area contributed by atoms with Crippen molar-refractivity contribution < 1.29 is 64.4 Å². The molecule has 0 aliphatic heterocycles. The molecule has 4 heterocycles. The number of hydrogen-bond acceptors (Lipinski definition) is 14. The lowest BCUT2D eigenvalue weighted by Gasteiger charge is -2.36. The molecule has 0 saturated heterocycles. The molecule has 4 N–H and O–H groups in total. The second-order valence-corrected chi connectivity index (χ2v) is 23.8. The number of anilines is 2. The maximum absolute atomic E-state index is 12.6. The van der Waals surface area contributed by atoms with Crippen LogP contribution in [0.1, 0.15) is 117 Å². The van der Waals surface area contributed by atoms with Crippen molar-refractivity contribution in [2.75, 3.05) is 30.9 Å². The van der Waals surface area contributed by atoms with Gasteiger partial charge in [-0.25, -0.2) is 4.98 Å². The lowest BCUT2D eigenvalue weighted by Crippen LogP contribution is -2.34. The Balaban J connectivity index is 0.000000176. The number of methoxy groups -OCH3 is 1. The van der Waals surface area contributed by atoms with E-state index in [2.05, 4.69) is 59.7 Å². The SMILES string of the molecule is CC(C)CCn1c(=O)ccc2cccnc21.COc1ccc([C@]2(C#N)CCC[C@@H](CN)C2)cc1OC1CCCC1.O=C(Nc1c(Cl)cncc1Cl)c1ccc(OC(F)F)c(OC(F)F)c1.O=C(Nc1c(Cl)cncc1Cl)c1ccc(OC(F)F)c(OCC2CCC2)c1. The van der Waals surface area contributed by atoms with Crippen LogP contribution in [-0.4, -0.2) is 77.5 Å². The molecule has 92 heavy (non-hydrogen) atoms. The maximum atomic E-state index is 12.6. The molecule has 0 bridgehead atoms. The highest BCUT2D eigenvalue weighted by Crippen LogP contribution is 2.45. The van der Waals surface area contributed by atoms with E-state index >= 15 is 0 Å². The molecule has 3 aliphatic rings. The van der Waals surface area contributed by atoms with Gasteiger partial charge < -0.3 is 44.8 Å². The van der Waals surface area contributed by atoms with Gasteiger partial charge in [-0.1, -0.05) is 79.2 Å². The molecule has 10 rings (SSSR count). The van der Waals surface area contributed by atoms with Gasteiger partial charge in [0.15, 0.2) is 34.5 Å². The Labute approximate surface area is 547 Å². The number of fused-ring (bicyclic) bond motifs is 1. The zero-order chi connectivity index (χ0) is 66.5. The van der Waals surface area contributed by atoms with Crippen molar-refractivity contribution in [1.82, 2.24) is 19.5 Å². The summed E-state index contributed by atoms with van der Waals surface area (Å²) >= 11 is 23.7. The topological polar surface area (TPSA) is 224 Å². The van der Waals surface area contributed by atoms with Crippen LogP contribution in [0.25, 0.3) is 11.0 Å². The minimum atomic E-state index is -3.30. The van der Waals surface area contributed by atoms with Crippen molar-refractivity contribution in [3.8, 4) is 40.6 Å². The van der Waals surface area contributed by atoms with Crippen LogP contribution in [-0.2, 0) is 12.0 Å². The zero-order valence-electron chi connectivity index (χ0n) is 50.3. The summed E-state index contributed by atoms with van der Waals surface area (Å²) in [5.41, 5.74) is 7.58. The van der Waals surface area contributed by atoms with Gasteiger partial charge in [0.25, 0.3) is 17.4 Å². The summed E-state index contributed by atoms with van der Waals surface area (Å²) in [7, 11) is 1.67. The number of alkyl halides is 6. The highest BCUT2D eigenvalue weighted by Gasteiger charge is 2.39. The second-order valence-electron chi connectivity index (χ2n) is 22.1. The normalized spacial score (nSPS) is 16.2. The van der Waals surface area contributed by atoms with Gasteiger partial charge >= 0.3 is 19.8 Å². The van der Waals surface area contributed by atoms with E-state index in [1.807, 2.05) is 36.4 Å². The van der Waals surface area contributed by atoms with Crippen LogP contribution in [0.2, 0.25) is 20.1 Å². The molecule has 3 aliphatic carbocycles. The third-order valence-electron chi connectivity index (χ3n) is 15.3. The first kappa shape index (κ1) is 71.7. The van der Waals surface area contributed by atoms with E-state index < -0.39 is 48.6 Å². The van der Waals surface area contributed by atoms with E-state index in [0.29, 0.717) is 30.9 Å². The summed E-state index contributed by atoms with van der Waals surface area (Å²) in [4.78, 5) is 48.3. The number of benzene rings is 3. The molecule has 0 unspecified atom stereocenters. The first-order chi connectivity index (χ1) is 44.1. The van der Waals surface area contributed by atoms with Gasteiger partial charge in [-0.2, -0.15) is 31.6 Å². The largest absolute Gasteiger partial charge is 0.493 e. The smallest absolute Gasteiger partial charge is 0.387 e. The monoisotopic (exact) mass is 1360 g/mol. The Morgan fingerprint density at radius 3 is 1.75 bits per heavy atom. The number of nitrogens with one attached hydrogen (secondary N) is 2. The number of amides is 2. The summed E-state index contributed by atoms with van der Waals surface area (Å²) in [6, 6.07) is 22.7. The summed E-state index contributed by atoms with van der Waals surface area (Å²) < 4.78 is 106. The van der Waals surface area contributed by atoms with Crippen LogP contribution in [0.15, 0.2) is 115 Å². The molecule has 0 spiro atoms. The molecule has 3 saturated carbocycles. The first-order valence-electron chi connectivity index (χ1n) is 29.5. The number of nitrogens with two attached hydrogens (primary N) is 1.